The number of nitrogens with one attached hydrogen (secondary N) is 2. The minimum Gasteiger partial charge on any atom is -0.485 e. The van der Waals surface area contributed by atoms with Crippen LogP contribution in [0.3, 0.4) is 0 Å². The summed E-state index contributed by atoms with van der Waals surface area (Å²) in [5.74, 6) is -1.84. The van der Waals surface area contributed by atoms with Crippen LogP contribution in [-0.2, 0) is 25.8 Å². The average molecular weight is 717 g/mol. The molecular formula is C31H28BrCl2N5O6. The Morgan fingerprint density at radius 1 is 1.09 bits per heavy atom. The predicted octanol–water partition coefficient (Wildman–Crippen LogP) is 5.89. The number of aryl methyl sites for hydroxylation is 1. The van der Waals surface area contributed by atoms with Crippen molar-refractivity contribution in [2.75, 3.05) is 23.8 Å². The van der Waals surface area contributed by atoms with E-state index in [-0.39, 0.29) is 31.0 Å². The molecule has 234 valence electrons. The summed E-state index contributed by atoms with van der Waals surface area (Å²) in [6, 6.07) is 13.5. The Hall–Kier alpha value is -4.39. The second-order valence-electron chi connectivity index (χ2n) is 9.77. The van der Waals surface area contributed by atoms with Crippen LogP contribution in [0.1, 0.15) is 29.7 Å². The minimum absolute atomic E-state index is 0.0241. The van der Waals surface area contributed by atoms with E-state index < -0.39 is 23.7 Å². The summed E-state index contributed by atoms with van der Waals surface area (Å²) in [6.45, 7) is 1.61. The smallest absolute Gasteiger partial charge is 0.303 e. The minimum atomic E-state index is -1.05. The molecule has 0 atom stereocenters. The van der Waals surface area contributed by atoms with Crippen molar-refractivity contribution < 1.29 is 29.0 Å². The van der Waals surface area contributed by atoms with Gasteiger partial charge in [0.2, 0.25) is 17.7 Å². The molecular weight excluding hydrogens is 689 g/mol. The van der Waals surface area contributed by atoms with Crippen molar-refractivity contribution in [1.29, 1.82) is 0 Å². The second-order valence-corrected chi connectivity index (χ2v) is 11.3. The van der Waals surface area contributed by atoms with Crippen molar-refractivity contribution in [2.24, 2.45) is 0 Å². The van der Waals surface area contributed by atoms with Gasteiger partial charge in [0.15, 0.2) is 11.4 Å². The number of halogens is 3. The van der Waals surface area contributed by atoms with Crippen molar-refractivity contribution >= 4 is 85.9 Å². The first-order valence-electron chi connectivity index (χ1n) is 13.5. The highest BCUT2D eigenvalue weighted by molar-refractivity contribution is 9.10. The molecule has 3 N–H and O–H groups in total. The van der Waals surface area contributed by atoms with Crippen molar-refractivity contribution in [1.82, 2.24) is 14.7 Å². The second kappa shape index (κ2) is 15.1. The summed E-state index contributed by atoms with van der Waals surface area (Å²) in [7, 11) is 1.54. The third kappa shape index (κ3) is 8.62. The van der Waals surface area contributed by atoms with Crippen LogP contribution in [-0.4, -0.2) is 51.8 Å². The molecule has 0 aliphatic carbocycles. The Morgan fingerprint density at radius 2 is 1.82 bits per heavy atom. The van der Waals surface area contributed by atoms with Crippen LogP contribution in [0.15, 0.2) is 65.4 Å². The number of ether oxygens (including phenoxy) is 1. The fourth-order valence-electron chi connectivity index (χ4n) is 4.13. The number of anilines is 2. The monoisotopic (exact) mass is 715 g/mol. The van der Waals surface area contributed by atoms with E-state index in [2.05, 4.69) is 31.5 Å². The molecule has 3 amide bonds. The first-order valence-corrected chi connectivity index (χ1v) is 15.1. The highest BCUT2D eigenvalue weighted by Gasteiger charge is 2.20. The average Bonchev–Trinajstić information content (AvgIpc) is 3.31. The highest BCUT2D eigenvalue weighted by Crippen LogP contribution is 2.35. The van der Waals surface area contributed by atoms with E-state index in [1.54, 1.807) is 48.5 Å². The van der Waals surface area contributed by atoms with E-state index in [4.69, 9.17) is 33.0 Å². The lowest BCUT2D eigenvalue weighted by molar-refractivity contribution is -0.138. The Morgan fingerprint density at radius 3 is 2.53 bits per heavy atom. The van der Waals surface area contributed by atoms with Gasteiger partial charge in [-0.25, -0.2) is 4.98 Å². The summed E-state index contributed by atoms with van der Waals surface area (Å²) in [5.41, 5.74) is 3.47. The Balaban J connectivity index is 1.32. The van der Waals surface area contributed by atoms with Gasteiger partial charge in [-0.1, -0.05) is 35.3 Å². The number of pyridine rings is 1. The van der Waals surface area contributed by atoms with Crippen molar-refractivity contribution in [3.05, 3.63) is 92.3 Å². The first-order chi connectivity index (χ1) is 21.4. The number of likely N-dealkylation sites (N-methyl/N-ethyl adjacent to an activating group) is 1. The summed E-state index contributed by atoms with van der Waals surface area (Å²) < 4.78 is 8.70. The molecule has 0 spiro atoms. The van der Waals surface area contributed by atoms with E-state index in [1.807, 2.05) is 23.6 Å². The Kier molecular flexibility index (Phi) is 11.2. The molecule has 45 heavy (non-hydrogen) atoms. The summed E-state index contributed by atoms with van der Waals surface area (Å²) in [4.78, 5) is 53.5. The Bertz CT molecular complexity index is 1790. The van der Waals surface area contributed by atoms with Crippen LogP contribution in [0.4, 0.5) is 11.4 Å². The largest absolute Gasteiger partial charge is 0.485 e. The number of nitrogens with zero attached hydrogens (tertiary/aromatic N) is 3. The topological polar surface area (TPSA) is 142 Å². The molecule has 0 saturated heterocycles. The summed E-state index contributed by atoms with van der Waals surface area (Å²) in [6.07, 6.45) is 4.29. The zero-order chi connectivity index (χ0) is 32.7. The fourth-order valence-corrected chi connectivity index (χ4v) is 5.12. The van der Waals surface area contributed by atoms with E-state index in [9.17, 15) is 19.2 Å². The van der Waals surface area contributed by atoms with E-state index in [0.29, 0.717) is 38.9 Å². The number of rotatable bonds is 12. The van der Waals surface area contributed by atoms with Gasteiger partial charge >= 0.3 is 5.97 Å². The quantitative estimate of drug-likeness (QED) is 0.155. The van der Waals surface area contributed by atoms with Crippen molar-refractivity contribution in [3.63, 3.8) is 0 Å². The van der Waals surface area contributed by atoms with Gasteiger partial charge < -0.3 is 25.4 Å². The Labute approximate surface area is 276 Å². The van der Waals surface area contributed by atoms with Crippen LogP contribution in [0, 0.1) is 6.92 Å². The molecule has 4 aromatic rings. The molecule has 0 radical (unpaired) electrons. The standard InChI is InChI=1S/C31H28BrCl2N5O6/c1-18-30(32)39-15-3-4-24(31(39)36-18)45-17-21-22(33)10-11-23(29(21)34)38(2)27(42)16-35-25(40)12-7-19-5-8-20(9-6-19)37-26(41)13-14-28(43)44/h3-12,15H,13-14,16-17H2,1-2H3,(H,35,40)(H,37,41)(H,43,44). The molecule has 2 aromatic carbocycles. The number of carbonyl (C=O) groups excluding carboxylic acids is 3. The molecule has 2 aromatic heterocycles. The van der Waals surface area contributed by atoms with Crippen LogP contribution >= 0.6 is 39.1 Å². The zero-order valence-corrected chi connectivity index (χ0v) is 27.2. The molecule has 4 rings (SSSR count). The van der Waals surface area contributed by atoms with Crippen LogP contribution < -0.4 is 20.3 Å². The van der Waals surface area contributed by atoms with E-state index in [1.165, 1.54) is 18.0 Å². The van der Waals surface area contributed by atoms with Crippen molar-refractivity contribution in [2.45, 2.75) is 26.4 Å². The number of carboxylic acid groups (broad SMARTS) is 1. The molecule has 0 saturated carbocycles. The van der Waals surface area contributed by atoms with Crippen LogP contribution in [0.5, 0.6) is 5.75 Å². The molecule has 11 nitrogen and oxygen atoms in total. The number of amides is 3. The zero-order valence-electron chi connectivity index (χ0n) is 24.1. The van der Waals surface area contributed by atoms with Gasteiger partial charge in [-0.15, -0.1) is 0 Å². The lowest BCUT2D eigenvalue weighted by Gasteiger charge is -2.21. The molecule has 0 unspecified atom stereocenters. The number of fused-ring (bicyclic) bond motifs is 1. The lowest BCUT2D eigenvalue weighted by Crippen LogP contribution is -2.37. The number of carbonyl (C=O) groups is 4. The number of benzene rings is 2. The molecule has 2 heterocycles. The van der Waals surface area contributed by atoms with Crippen LogP contribution in [0.25, 0.3) is 11.7 Å². The normalized spacial score (nSPS) is 11.0. The number of hydrogen-bond acceptors (Lipinski definition) is 6. The van der Waals surface area contributed by atoms with Crippen molar-refractivity contribution in [3.8, 4) is 5.75 Å². The summed E-state index contributed by atoms with van der Waals surface area (Å²) in [5, 5.41) is 14.4. The van der Waals surface area contributed by atoms with E-state index in [0.717, 1.165) is 10.3 Å². The maximum Gasteiger partial charge on any atom is 0.303 e. The number of aromatic nitrogens is 2. The van der Waals surface area contributed by atoms with Gasteiger partial charge in [-0.2, -0.15) is 0 Å². The lowest BCUT2D eigenvalue weighted by atomic mass is 10.2. The van der Waals surface area contributed by atoms with E-state index >= 15 is 0 Å². The number of imidazole rings is 1. The SMILES string of the molecule is Cc1nc2c(OCc3c(Cl)ccc(N(C)C(=O)CNC(=O)C=Cc4ccc(NC(=O)CCC(=O)O)cc4)c3Cl)cccn2c1Br. The maximum absolute atomic E-state index is 12.9. The molecule has 14 heteroatoms. The van der Waals surface area contributed by atoms with Gasteiger partial charge in [-0.3, -0.25) is 23.6 Å². The molecule has 0 bridgehead atoms. The van der Waals surface area contributed by atoms with Gasteiger partial charge in [0.1, 0.15) is 11.2 Å². The molecule has 0 aliphatic rings. The third-order valence-corrected chi connectivity index (χ3v) is 8.32. The van der Waals surface area contributed by atoms with Gasteiger partial charge in [-0.05, 0) is 70.9 Å². The fraction of sp³-hybridized carbons (Fsp3) is 0.194. The number of hydrogen-bond donors (Lipinski definition) is 3. The maximum atomic E-state index is 12.9. The van der Waals surface area contributed by atoms with Crippen LogP contribution in [0.2, 0.25) is 10.0 Å². The summed E-state index contributed by atoms with van der Waals surface area (Å²) >= 11 is 16.6. The molecule has 0 fully saturated rings. The van der Waals surface area contributed by atoms with Gasteiger partial charge in [0.05, 0.1) is 29.4 Å². The predicted molar refractivity (Wildman–Crippen MR) is 176 cm³/mol. The van der Waals surface area contributed by atoms with Gasteiger partial charge in [0.25, 0.3) is 0 Å². The molecule has 0 aliphatic heterocycles. The third-order valence-electron chi connectivity index (χ3n) is 6.59. The number of carboxylic acids is 1. The van der Waals surface area contributed by atoms with Gasteiger partial charge in [0, 0.05) is 42.0 Å². The number of aliphatic carboxylic acids is 1. The highest BCUT2D eigenvalue weighted by atomic mass is 79.9. The first kappa shape index (κ1) is 33.5.